The summed E-state index contributed by atoms with van der Waals surface area (Å²) < 4.78 is 7.60. The molecule has 0 unspecified atom stereocenters. The third kappa shape index (κ3) is 3.18. The van der Waals surface area contributed by atoms with Crippen LogP contribution in [0.1, 0.15) is 61.0 Å². The van der Waals surface area contributed by atoms with Gasteiger partial charge in [0, 0.05) is 23.6 Å². The van der Waals surface area contributed by atoms with Gasteiger partial charge in [-0.25, -0.2) is 4.98 Å². The molecule has 0 radical (unpaired) electrons. The topological polar surface area (TPSA) is 43.9 Å². The van der Waals surface area contributed by atoms with Crippen LogP contribution in [0.15, 0.2) is 15.7 Å². The summed E-state index contributed by atoms with van der Waals surface area (Å²) >= 11 is 1.77. The smallest absolute Gasteiger partial charge is 0.169 e. The van der Waals surface area contributed by atoms with E-state index in [1.807, 2.05) is 13.0 Å². The van der Waals surface area contributed by atoms with E-state index in [2.05, 4.69) is 23.6 Å². The summed E-state index contributed by atoms with van der Waals surface area (Å²) in [4.78, 5) is 4.77. The maximum Gasteiger partial charge on any atom is 0.169 e. The highest BCUT2D eigenvalue weighted by molar-refractivity contribution is 7.98. The highest BCUT2D eigenvalue weighted by Gasteiger charge is 2.22. The van der Waals surface area contributed by atoms with Crippen molar-refractivity contribution >= 4 is 11.8 Å². The Labute approximate surface area is 130 Å². The van der Waals surface area contributed by atoms with Crippen molar-refractivity contribution in [2.75, 3.05) is 0 Å². The molecule has 2 aromatic heterocycles. The molecule has 3 rings (SSSR count). The number of hydrogen-bond donors (Lipinski definition) is 0. The molecule has 21 heavy (non-hydrogen) atoms. The van der Waals surface area contributed by atoms with Crippen molar-refractivity contribution in [2.45, 2.75) is 69.8 Å². The first-order valence-electron chi connectivity index (χ1n) is 7.75. The molecule has 5 heteroatoms. The van der Waals surface area contributed by atoms with Gasteiger partial charge in [-0.2, -0.15) is 0 Å². The van der Waals surface area contributed by atoms with Crippen molar-refractivity contribution in [3.05, 3.63) is 28.9 Å². The van der Waals surface area contributed by atoms with E-state index < -0.39 is 0 Å². The fraction of sp³-hybridized carbons (Fsp3) is 0.625. The van der Waals surface area contributed by atoms with Crippen LogP contribution >= 0.6 is 11.8 Å². The van der Waals surface area contributed by atoms with Crippen LogP contribution in [0.5, 0.6) is 0 Å². The van der Waals surface area contributed by atoms with Gasteiger partial charge in [-0.1, -0.05) is 36.2 Å². The fourth-order valence-corrected chi connectivity index (χ4v) is 4.13. The second kappa shape index (κ2) is 6.26. The second-order valence-electron chi connectivity index (χ2n) is 5.94. The third-order valence-electron chi connectivity index (χ3n) is 4.32. The van der Waals surface area contributed by atoms with Crippen molar-refractivity contribution in [1.82, 2.24) is 14.7 Å². The van der Waals surface area contributed by atoms with Gasteiger partial charge >= 0.3 is 0 Å². The molecule has 4 nitrogen and oxygen atoms in total. The molecule has 1 aliphatic rings. The van der Waals surface area contributed by atoms with Crippen molar-refractivity contribution in [3.63, 3.8) is 0 Å². The molecule has 2 heterocycles. The molecule has 2 aromatic rings. The lowest BCUT2D eigenvalue weighted by Crippen LogP contribution is -2.15. The van der Waals surface area contributed by atoms with E-state index in [0.717, 1.165) is 28.1 Å². The van der Waals surface area contributed by atoms with Crippen LogP contribution in [0.25, 0.3) is 0 Å². The lowest BCUT2D eigenvalue weighted by Gasteiger charge is -2.25. The van der Waals surface area contributed by atoms with Gasteiger partial charge in [0.05, 0.1) is 11.4 Å². The van der Waals surface area contributed by atoms with Crippen LogP contribution < -0.4 is 0 Å². The fourth-order valence-electron chi connectivity index (χ4n) is 3.09. The quantitative estimate of drug-likeness (QED) is 0.775. The van der Waals surface area contributed by atoms with E-state index in [-0.39, 0.29) is 0 Å². The number of aromatic nitrogens is 3. The minimum atomic E-state index is 0.626. The van der Waals surface area contributed by atoms with Gasteiger partial charge in [0.15, 0.2) is 5.16 Å². The summed E-state index contributed by atoms with van der Waals surface area (Å²) in [5, 5.41) is 5.21. The Balaban J connectivity index is 1.79. The normalized spacial score (nSPS) is 16.5. The molecule has 0 aliphatic heterocycles. The minimum absolute atomic E-state index is 0.626. The highest BCUT2D eigenvalue weighted by Crippen LogP contribution is 2.35. The third-order valence-corrected chi connectivity index (χ3v) is 5.31. The Bertz CT molecular complexity index is 611. The summed E-state index contributed by atoms with van der Waals surface area (Å²) in [5.74, 6) is 1.69. The molecule has 0 N–H and O–H groups in total. The number of rotatable bonds is 4. The van der Waals surface area contributed by atoms with Crippen molar-refractivity contribution < 1.29 is 4.52 Å². The number of aryl methyl sites for hydroxylation is 2. The van der Waals surface area contributed by atoms with Crippen LogP contribution in [-0.4, -0.2) is 14.7 Å². The van der Waals surface area contributed by atoms with Crippen molar-refractivity contribution in [1.29, 1.82) is 0 Å². The van der Waals surface area contributed by atoms with Gasteiger partial charge in [-0.3, -0.25) is 0 Å². The molecule has 1 saturated carbocycles. The minimum Gasteiger partial charge on any atom is -0.361 e. The summed E-state index contributed by atoms with van der Waals surface area (Å²) in [5.41, 5.74) is 3.46. The van der Waals surface area contributed by atoms with Crippen LogP contribution in [0.3, 0.4) is 0 Å². The van der Waals surface area contributed by atoms with E-state index >= 15 is 0 Å². The zero-order valence-electron chi connectivity index (χ0n) is 13.1. The first-order chi connectivity index (χ1) is 10.1. The number of nitrogens with zero attached hydrogens (tertiary/aromatic N) is 3. The van der Waals surface area contributed by atoms with Gasteiger partial charge in [0.25, 0.3) is 0 Å². The molecule has 0 spiro atoms. The molecule has 114 valence electrons. The summed E-state index contributed by atoms with van der Waals surface area (Å²) in [6, 6.07) is 2.63. The Morgan fingerprint density at radius 2 is 2.00 bits per heavy atom. The van der Waals surface area contributed by atoms with E-state index in [1.54, 1.807) is 11.8 Å². The van der Waals surface area contributed by atoms with Crippen molar-refractivity contribution in [3.8, 4) is 0 Å². The lowest BCUT2D eigenvalue weighted by atomic mass is 9.95. The van der Waals surface area contributed by atoms with E-state index in [4.69, 9.17) is 9.51 Å². The molecule has 0 saturated heterocycles. The molecule has 0 atom stereocenters. The molecular formula is C16H23N3OS. The zero-order valence-corrected chi connectivity index (χ0v) is 13.9. The van der Waals surface area contributed by atoms with Crippen LogP contribution in [-0.2, 0) is 5.75 Å². The van der Waals surface area contributed by atoms with Crippen LogP contribution in [0, 0.1) is 20.8 Å². The monoisotopic (exact) mass is 305 g/mol. The standard InChI is InChI=1S/C16H23N3OS/c1-11-9-14(18-20-11)10-21-16-17-12(2)13(3)19(16)15-7-5-4-6-8-15/h9,15H,4-8,10H2,1-3H3. The summed E-state index contributed by atoms with van der Waals surface area (Å²) in [7, 11) is 0. The molecule has 1 aliphatic carbocycles. The maximum absolute atomic E-state index is 5.14. The highest BCUT2D eigenvalue weighted by atomic mass is 32.2. The average Bonchev–Trinajstić information content (AvgIpc) is 3.02. The molecule has 0 amide bonds. The maximum atomic E-state index is 5.14. The summed E-state index contributed by atoms with van der Waals surface area (Å²) in [6.45, 7) is 6.23. The molecule has 0 bridgehead atoms. The number of thioether (sulfide) groups is 1. The van der Waals surface area contributed by atoms with Crippen molar-refractivity contribution in [2.24, 2.45) is 0 Å². The number of imidazole rings is 1. The first-order valence-corrected chi connectivity index (χ1v) is 8.74. The number of hydrogen-bond acceptors (Lipinski definition) is 4. The average molecular weight is 305 g/mol. The largest absolute Gasteiger partial charge is 0.361 e. The Morgan fingerprint density at radius 3 is 2.67 bits per heavy atom. The SMILES string of the molecule is Cc1cc(CSc2nc(C)c(C)n2C2CCCCC2)no1. The van der Waals surface area contributed by atoms with Crippen LogP contribution in [0.2, 0.25) is 0 Å². The summed E-state index contributed by atoms with van der Waals surface area (Å²) in [6.07, 6.45) is 6.63. The lowest BCUT2D eigenvalue weighted by molar-refractivity contribution is 0.332. The van der Waals surface area contributed by atoms with Crippen LogP contribution in [0.4, 0.5) is 0 Å². The second-order valence-corrected chi connectivity index (χ2v) is 6.89. The van der Waals surface area contributed by atoms with Gasteiger partial charge in [0.2, 0.25) is 0 Å². The van der Waals surface area contributed by atoms with Gasteiger partial charge in [-0.15, -0.1) is 0 Å². The van der Waals surface area contributed by atoms with E-state index in [1.165, 1.54) is 37.8 Å². The molecule has 1 fully saturated rings. The Morgan fingerprint density at radius 1 is 1.24 bits per heavy atom. The van der Waals surface area contributed by atoms with E-state index in [0.29, 0.717) is 6.04 Å². The Kier molecular flexibility index (Phi) is 4.38. The molecule has 0 aromatic carbocycles. The Hall–Kier alpha value is -1.23. The molecular weight excluding hydrogens is 282 g/mol. The van der Waals surface area contributed by atoms with Gasteiger partial charge in [-0.05, 0) is 33.6 Å². The van der Waals surface area contributed by atoms with Gasteiger partial charge in [0.1, 0.15) is 5.76 Å². The van der Waals surface area contributed by atoms with E-state index in [9.17, 15) is 0 Å². The van der Waals surface area contributed by atoms with Gasteiger partial charge < -0.3 is 9.09 Å². The zero-order chi connectivity index (χ0) is 14.8. The predicted octanol–water partition coefficient (Wildman–Crippen LogP) is 4.59. The predicted molar refractivity (Wildman–Crippen MR) is 84.6 cm³/mol. The first kappa shape index (κ1) is 14.7.